The summed E-state index contributed by atoms with van der Waals surface area (Å²) in [6.07, 6.45) is 3.45. The van der Waals surface area contributed by atoms with Gasteiger partial charge < -0.3 is 4.98 Å². The summed E-state index contributed by atoms with van der Waals surface area (Å²) >= 11 is 0. The number of aryl methyl sites for hydroxylation is 1. The van der Waals surface area contributed by atoms with Crippen molar-refractivity contribution in [3.8, 4) is 0 Å². The second-order valence-electron chi connectivity index (χ2n) is 3.39. The Labute approximate surface area is 86.5 Å². The number of hydrogen-bond acceptors (Lipinski definition) is 3. The number of hydrogen-bond donors (Lipinski definition) is 2. The molecule has 1 aromatic heterocycles. The lowest BCUT2D eigenvalue weighted by Gasteiger charge is -1.98. The van der Waals surface area contributed by atoms with E-state index in [-0.39, 0.29) is 5.78 Å². The van der Waals surface area contributed by atoms with E-state index in [1.165, 1.54) is 6.20 Å². The zero-order chi connectivity index (χ0) is 11.3. The topological polar surface area (TPSA) is 82.8 Å². The molecule has 15 heavy (non-hydrogen) atoms. The number of ketones is 1. The van der Waals surface area contributed by atoms with Crippen LogP contribution in [-0.4, -0.2) is 15.8 Å². The van der Waals surface area contributed by atoms with Crippen LogP contribution in [0.25, 0.3) is 0 Å². The van der Waals surface area contributed by atoms with E-state index in [1.807, 2.05) is 6.92 Å². The van der Waals surface area contributed by atoms with Gasteiger partial charge in [-0.1, -0.05) is 6.92 Å². The van der Waals surface area contributed by atoms with E-state index >= 15 is 0 Å². The van der Waals surface area contributed by atoms with Crippen molar-refractivity contribution < 1.29 is 4.79 Å². The Morgan fingerprint density at radius 3 is 2.67 bits per heavy atom. The lowest BCUT2D eigenvalue weighted by Crippen LogP contribution is -2.24. The molecular weight excluding hydrogens is 196 g/mol. The number of aromatic nitrogens is 2. The van der Waals surface area contributed by atoms with Gasteiger partial charge in [-0.05, 0) is 12.8 Å². The molecule has 0 saturated carbocycles. The molecule has 0 fully saturated rings. The van der Waals surface area contributed by atoms with E-state index in [4.69, 9.17) is 0 Å². The SMILES string of the molecule is CCCC(=O)CCc1c[nH]c(=O)[nH]c1=O. The highest BCUT2D eigenvalue weighted by atomic mass is 16.2. The Bertz CT molecular complexity index is 444. The standard InChI is InChI=1S/C10H14N2O3/c1-2-3-8(13)5-4-7-6-11-10(15)12-9(7)14/h6H,2-5H2,1H3,(H2,11,12,14,15). The van der Waals surface area contributed by atoms with Gasteiger partial charge in [-0.3, -0.25) is 14.6 Å². The maximum Gasteiger partial charge on any atom is 0.325 e. The monoisotopic (exact) mass is 210 g/mol. The normalized spacial score (nSPS) is 10.2. The third kappa shape index (κ3) is 3.53. The largest absolute Gasteiger partial charge is 0.325 e. The number of carbonyl (C=O) groups is 1. The van der Waals surface area contributed by atoms with Gasteiger partial charge in [0.15, 0.2) is 0 Å². The summed E-state index contributed by atoms with van der Waals surface area (Å²) < 4.78 is 0. The van der Waals surface area contributed by atoms with Crippen molar-refractivity contribution in [1.29, 1.82) is 0 Å². The summed E-state index contributed by atoms with van der Waals surface area (Å²) in [5.41, 5.74) is -0.495. The quantitative estimate of drug-likeness (QED) is 0.736. The van der Waals surface area contributed by atoms with Crippen molar-refractivity contribution in [2.75, 3.05) is 0 Å². The highest BCUT2D eigenvalue weighted by Crippen LogP contribution is 1.99. The second kappa shape index (κ2) is 5.29. The van der Waals surface area contributed by atoms with Crippen LogP contribution in [0, 0.1) is 0 Å². The molecule has 0 saturated heterocycles. The van der Waals surface area contributed by atoms with Crippen molar-refractivity contribution >= 4 is 5.78 Å². The summed E-state index contributed by atoms with van der Waals surface area (Å²) in [7, 11) is 0. The molecule has 0 radical (unpaired) electrons. The molecule has 0 bridgehead atoms. The molecule has 0 atom stereocenters. The third-order valence-corrected chi connectivity index (χ3v) is 2.10. The Hall–Kier alpha value is -1.65. The molecule has 5 heteroatoms. The van der Waals surface area contributed by atoms with Crippen LogP contribution in [0.5, 0.6) is 0 Å². The Balaban J connectivity index is 2.62. The van der Waals surface area contributed by atoms with Gasteiger partial charge in [0.25, 0.3) is 5.56 Å². The predicted octanol–water partition coefficient (Wildman–Crippen LogP) is 0.365. The van der Waals surface area contributed by atoms with Crippen LogP contribution < -0.4 is 11.2 Å². The predicted molar refractivity (Wildman–Crippen MR) is 55.9 cm³/mol. The van der Waals surface area contributed by atoms with Gasteiger partial charge in [-0.15, -0.1) is 0 Å². The lowest BCUT2D eigenvalue weighted by atomic mass is 10.1. The van der Waals surface area contributed by atoms with Crippen LogP contribution in [0.4, 0.5) is 0 Å². The van der Waals surface area contributed by atoms with Crippen molar-refractivity contribution in [2.24, 2.45) is 0 Å². The minimum Gasteiger partial charge on any atom is -0.314 e. The first-order chi connectivity index (χ1) is 7.13. The van der Waals surface area contributed by atoms with Gasteiger partial charge in [0.1, 0.15) is 5.78 Å². The maximum absolute atomic E-state index is 11.2. The van der Waals surface area contributed by atoms with Gasteiger partial charge in [0.2, 0.25) is 0 Å². The second-order valence-corrected chi connectivity index (χ2v) is 3.39. The van der Waals surface area contributed by atoms with Crippen molar-refractivity contribution in [3.05, 3.63) is 32.6 Å². The van der Waals surface area contributed by atoms with Gasteiger partial charge in [-0.2, -0.15) is 0 Å². The fraction of sp³-hybridized carbons (Fsp3) is 0.500. The average Bonchev–Trinajstić information content (AvgIpc) is 2.17. The molecule has 82 valence electrons. The van der Waals surface area contributed by atoms with Crippen LogP contribution in [-0.2, 0) is 11.2 Å². The molecule has 0 spiro atoms. The number of rotatable bonds is 5. The molecule has 0 unspecified atom stereocenters. The van der Waals surface area contributed by atoms with E-state index in [2.05, 4.69) is 9.97 Å². The smallest absolute Gasteiger partial charge is 0.314 e. The average molecular weight is 210 g/mol. The van der Waals surface area contributed by atoms with Crippen molar-refractivity contribution in [1.82, 2.24) is 9.97 Å². The van der Waals surface area contributed by atoms with Crippen LogP contribution in [0.15, 0.2) is 15.8 Å². The highest BCUT2D eigenvalue weighted by Gasteiger charge is 2.04. The number of aromatic amines is 2. The first-order valence-electron chi connectivity index (χ1n) is 4.96. The third-order valence-electron chi connectivity index (χ3n) is 2.10. The summed E-state index contributed by atoms with van der Waals surface area (Å²) in [6, 6.07) is 0. The van der Waals surface area contributed by atoms with Crippen LogP contribution in [0.1, 0.15) is 31.7 Å². The van der Waals surface area contributed by atoms with Gasteiger partial charge >= 0.3 is 5.69 Å². The van der Waals surface area contributed by atoms with Crippen LogP contribution in [0.2, 0.25) is 0 Å². The minimum atomic E-state index is -0.524. The van der Waals surface area contributed by atoms with Crippen LogP contribution in [0.3, 0.4) is 0 Å². The summed E-state index contributed by atoms with van der Waals surface area (Å²) in [5.74, 6) is 0.142. The number of Topliss-reactive ketones (excluding diaryl/α,β-unsaturated/α-hetero) is 1. The van der Waals surface area contributed by atoms with E-state index in [9.17, 15) is 14.4 Å². The van der Waals surface area contributed by atoms with Gasteiger partial charge in [0.05, 0.1) is 0 Å². The molecule has 0 aromatic carbocycles. The molecule has 1 heterocycles. The Morgan fingerprint density at radius 1 is 1.33 bits per heavy atom. The molecule has 0 amide bonds. The summed E-state index contributed by atoms with van der Waals surface area (Å²) in [5, 5.41) is 0. The van der Waals surface area contributed by atoms with Crippen molar-refractivity contribution in [2.45, 2.75) is 32.6 Å². The van der Waals surface area contributed by atoms with Gasteiger partial charge in [-0.25, -0.2) is 4.79 Å². The molecule has 1 rings (SSSR count). The zero-order valence-corrected chi connectivity index (χ0v) is 8.63. The molecule has 0 aliphatic heterocycles. The Kier molecular flexibility index (Phi) is 4.03. The first-order valence-corrected chi connectivity index (χ1v) is 4.96. The minimum absolute atomic E-state index is 0.142. The molecule has 0 aliphatic rings. The maximum atomic E-state index is 11.2. The van der Waals surface area contributed by atoms with E-state index < -0.39 is 11.2 Å². The van der Waals surface area contributed by atoms with E-state index in [0.717, 1.165) is 6.42 Å². The first kappa shape index (κ1) is 11.4. The van der Waals surface area contributed by atoms with Crippen molar-refractivity contribution in [3.63, 3.8) is 0 Å². The van der Waals surface area contributed by atoms with E-state index in [1.54, 1.807) is 0 Å². The molecule has 2 N–H and O–H groups in total. The zero-order valence-electron chi connectivity index (χ0n) is 8.63. The summed E-state index contributed by atoms with van der Waals surface area (Å²) in [4.78, 5) is 37.6. The van der Waals surface area contributed by atoms with E-state index in [0.29, 0.717) is 24.8 Å². The Morgan fingerprint density at radius 2 is 2.07 bits per heavy atom. The number of H-pyrrole nitrogens is 2. The highest BCUT2D eigenvalue weighted by molar-refractivity contribution is 5.78. The molecular formula is C10H14N2O3. The van der Waals surface area contributed by atoms with Crippen LogP contribution >= 0.6 is 0 Å². The fourth-order valence-corrected chi connectivity index (χ4v) is 1.30. The molecule has 0 aliphatic carbocycles. The summed E-state index contributed by atoms with van der Waals surface area (Å²) in [6.45, 7) is 1.94. The molecule has 5 nitrogen and oxygen atoms in total. The lowest BCUT2D eigenvalue weighted by molar-refractivity contribution is -0.119. The molecule has 1 aromatic rings. The number of carbonyl (C=O) groups excluding carboxylic acids is 1. The number of nitrogens with one attached hydrogen (secondary N) is 2. The fourth-order valence-electron chi connectivity index (χ4n) is 1.30. The van der Waals surface area contributed by atoms with Gasteiger partial charge in [0, 0.05) is 24.6 Å².